The smallest absolute Gasteiger partial charge is 0.251 e. The summed E-state index contributed by atoms with van der Waals surface area (Å²) >= 11 is 5.09. The van der Waals surface area contributed by atoms with Gasteiger partial charge in [-0.2, -0.15) is 0 Å². The Balaban J connectivity index is 1.96. The first kappa shape index (κ1) is 13.8. The van der Waals surface area contributed by atoms with E-state index in [9.17, 15) is 4.79 Å². The van der Waals surface area contributed by atoms with Crippen molar-refractivity contribution < 1.29 is 4.79 Å². The van der Waals surface area contributed by atoms with Gasteiger partial charge in [-0.25, -0.2) is 0 Å². The molecule has 102 valence electrons. The first-order valence-corrected chi connectivity index (χ1v) is 7.77. The molecule has 18 heavy (non-hydrogen) atoms. The Morgan fingerprint density at radius 1 is 0.833 bits per heavy atom. The average molecular weight is 268 g/mol. The molecule has 3 nitrogen and oxygen atoms in total. The maximum absolute atomic E-state index is 12.1. The van der Waals surface area contributed by atoms with Crippen molar-refractivity contribution >= 4 is 23.2 Å². The van der Waals surface area contributed by atoms with Gasteiger partial charge < -0.3 is 10.6 Å². The summed E-state index contributed by atoms with van der Waals surface area (Å²) in [6.45, 7) is 0. The highest BCUT2D eigenvalue weighted by atomic mass is 32.1. The van der Waals surface area contributed by atoms with Gasteiger partial charge in [0.1, 0.15) is 5.54 Å². The number of nitrogens with one attached hydrogen (secondary N) is 2. The Bertz CT molecular complexity index is 305. The summed E-state index contributed by atoms with van der Waals surface area (Å²) in [5, 5.41) is 6.53. The van der Waals surface area contributed by atoms with Gasteiger partial charge in [0.15, 0.2) is 5.11 Å². The van der Waals surface area contributed by atoms with Gasteiger partial charge in [-0.05, 0) is 25.1 Å². The van der Waals surface area contributed by atoms with E-state index in [4.69, 9.17) is 12.2 Å². The normalized spacial score (nSPS) is 26.0. The first-order chi connectivity index (χ1) is 8.73. The molecule has 0 aromatic heterocycles. The van der Waals surface area contributed by atoms with E-state index in [-0.39, 0.29) is 5.91 Å². The second-order valence-electron chi connectivity index (χ2n) is 5.67. The van der Waals surface area contributed by atoms with Gasteiger partial charge in [-0.15, -0.1) is 0 Å². The fourth-order valence-electron chi connectivity index (χ4n) is 3.10. The quantitative estimate of drug-likeness (QED) is 0.664. The maximum Gasteiger partial charge on any atom is 0.251 e. The zero-order valence-electron chi connectivity index (χ0n) is 11.1. The SMILES string of the molecule is O=C1NC(=S)NC12CCCCCCCCCCC2. The molecule has 1 spiro atoms. The molecule has 0 aromatic rings. The molecule has 0 bridgehead atoms. The summed E-state index contributed by atoms with van der Waals surface area (Å²) in [6, 6.07) is 0. The summed E-state index contributed by atoms with van der Waals surface area (Å²) in [5.74, 6) is 0.101. The van der Waals surface area contributed by atoms with Crippen molar-refractivity contribution in [3.8, 4) is 0 Å². The van der Waals surface area contributed by atoms with Crippen LogP contribution in [-0.4, -0.2) is 16.6 Å². The summed E-state index contributed by atoms with van der Waals surface area (Å²) in [5.41, 5.74) is -0.393. The lowest BCUT2D eigenvalue weighted by Crippen LogP contribution is -2.46. The largest absolute Gasteiger partial charge is 0.348 e. The van der Waals surface area contributed by atoms with Crippen molar-refractivity contribution in [1.29, 1.82) is 0 Å². The van der Waals surface area contributed by atoms with Crippen LogP contribution in [0.2, 0.25) is 0 Å². The summed E-state index contributed by atoms with van der Waals surface area (Å²) in [7, 11) is 0. The maximum atomic E-state index is 12.1. The first-order valence-electron chi connectivity index (χ1n) is 7.37. The van der Waals surface area contributed by atoms with Crippen LogP contribution in [0.3, 0.4) is 0 Å². The Kier molecular flexibility index (Phi) is 4.98. The van der Waals surface area contributed by atoms with E-state index in [2.05, 4.69) is 10.6 Å². The third-order valence-electron chi connectivity index (χ3n) is 4.22. The lowest BCUT2D eigenvalue weighted by Gasteiger charge is -2.27. The molecule has 1 amide bonds. The number of thiocarbonyl (C=S) groups is 1. The van der Waals surface area contributed by atoms with E-state index in [1.54, 1.807) is 0 Å². The lowest BCUT2D eigenvalue weighted by atomic mass is 9.86. The predicted octanol–water partition coefficient (Wildman–Crippen LogP) is 3.03. The third kappa shape index (κ3) is 3.44. The molecule has 1 saturated carbocycles. The lowest BCUT2D eigenvalue weighted by molar-refractivity contribution is -0.124. The van der Waals surface area contributed by atoms with Gasteiger partial charge in [-0.3, -0.25) is 4.79 Å². The Morgan fingerprint density at radius 3 is 1.67 bits per heavy atom. The van der Waals surface area contributed by atoms with Gasteiger partial charge in [0.25, 0.3) is 5.91 Å². The van der Waals surface area contributed by atoms with E-state index in [0.717, 1.165) is 25.7 Å². The highest BCUT2D eigenvalue weighted by Gasteiger charge is 2.43. The predicted molar refractivity (Wildman–Crippen MR) is 77.4 cm³/mol. The number of hydrogen-bond acceptors (Lipinski definition) is 2. The zero-order chi connectivity index (χ0) is 12.8. The monoisotopic (exact) mass is 268 g/mol. The molecule has 1 aliphatic carbocycles. The Morgan fingerprint density at radius 2 is 1.28 bits per heavy atom. The van der Waals surface area contributed by atoms with Gasteiger partial charge in [0.05, 0.1) is 0 Å². The van der Waals surface area contributed by atoms with Crippen LogP contribution in [0.4, 0.5) is 0 Å². The third-order valence-corrected chi connectivity index (χ3v) is 4.43. The fraction of sp³-hybridized carbons (Fsp3) is 0.857. The molecule has 0 radical (unpaired) electrons. The topological polar surface area (TPSA) is 41.1 Å². The molecule has 0 atom stereocenters. The minimum absolute atomic E-state index is 0.101. The van der Waals surface area contributed by atoms with Gasteiger partial charge >= 0.3 is 0 Å². The number of hydrogen-bond donors (Lipinski definition) is 2. The van der Waals surface area contributed by atoms with Crippen LogP contribution in [0.25, 0.3) is 0 Å². The van der Waals surface area contributed by atoms with Crippen molar-refractivity contribution in [3.05, 3.63) is 0 Å². The fourth-order valence-corrected chi connectivity index (χ4v) is 3.38. The second-order valence-corrected chi connectivity index (χ2v) is 6.08. The standard InChI is InChI=1S/C14H24N2OS/c17-12-14(16-13(18)15-12)10-8-6-4-2-1-3-5-7-9-11-14/h1-11H2,(H2,15,16,17,18). The molecule has 0 aromatic carbocycles. The molecular formula is C14H24N2OS. The van der Waals surface area contributed by atoms with Crippen molar-refractivity contribution in [2.24, 2.45) is 0 Å². The van der Waals surface area contributed by atoms with Gasteiger partial charge in [0.2, 0.25) is 0 Å². The van der Waals surface area contributed by atoms with E-state index in [1.807, 2.05) is 0 Å². The molecule has 1 aliphatic heterocycles. The van der Waals surface area contributed by atoms with Gasteiger partial charge in [-0.1, -0.05) is 57.8 Å². The summed E-state index contributed by atoms with van der Waals surface area (Å²) in [4.78, 5) is 12.1. The minimum Gasteiger partial charge on any atom is -0.348 e. The van der Waals surface area contributed by atoms with Crippen LogP contribution in [0.5, 0.6) is 0 Å². The van der Waals surface area contributed by atoms with Crippen LogP contribution in [0.1, 0.15) is 70.6 Å². The minimum atomic E-state index is -0.393. The highest BCUT2D eigenvalue weighted by Crippen LogP contribution is 2.27. The molecule has 1 saturated heterocycles. The van der Waals surface area contributed by atoms with Crippen molar-refractivity contribution in [3.63, 3.8) is 0 Å². The molecule has 1 heterocycles. The molecule has 2 rings (SSSR count). The molecular weight excluding hydrogens is 244 g/mol. The average Bonchev–Trinajstić information content (AvgIpc) is 2.59. The van der Waals surface area contributed by atoms with Crippen LogP contribution in [-0.2, 0) is 4.79 Å². The van der Waals surface area contributed by atoms with Gasteiger partial charge in [0, 0.05) is 0 Å². The Labute approximate surface area is 115 Å². The number of carbonyl (C=O) groups is 1. The van der Waals surface area contributed by atoms with Crippen molar-refractivity contribution in [2.45, 2.75) is 76.2 Å². The molecule has 2 N–H and O–H groups in total. The van der Waals surface area contributed by atoms with E-state index in [1.165, 1.54) is 44.9 Å². The van der Waals surface area contributed by atoms with Crippen LogP contribution < -0.4 is 10.6 Å². The summed E-state index contributed by atoms with van der Waals surface area (Å²) in [6.07, 6.45) is 13.3. The van der Waals surface area contributed by atoms with E-state index < -0.39 is 5.54 Å². The molecule has 0 unspecified atom stereocenters. The summed E-state index contributed by atoms with van der Waals surface area (Å²) < 4.78 is 0. The molecule has 4 heteroatoms. The van der Waals surface area contributed by atoms with Crippen LogP contribution in [0, 0.1) is 0 Å². The van der Waals surface area contributed by atoms with Crippen molar-refractivity contribution in [1.82, 2.24) is 10.6 Å². The number of amides is 1. The van der Waals surface area contributed by atoms with E-state index in [0.29, 0.717) is 5.11 Å². The molecule has 2 aliphatic rings. The molecule has 2 fully saturated rings. The highest BCUT2D eigenvalue weighted by molar-refractivity contribution is 7.80. The zero-order valence-corrected chi connectivity index (χ0v) is 11.9. The van der Waals surface area contributed by atoms with Crippen LogP contribution in [0.15, 0.2) is 0 Å². The number of rotatable bonds is 0. The van der Waals surface area contributed by atoms with Crippen LogP contribution >= 0.6 is 12.2 Å². The van der Waals surface area contributed by atoms with E-state index >= 15 is 0 Å². The number of carbonyl (C=O) groups excluding carboxylic acids is 1. The van der Waals surface area contributed by atoms with Crippen molar-refractivity contribution in [2.75, 3.05) is 0 Å². The Hall–Kier alpha value is -0.640. The second kappa shape index (κ2) is 6.50.